The van der Waals surface area contributed by atoms with Crippen LogP contribution >= 0.6 is 27.3 Å². The number of hydrogen-bond donors (Lipinski definition) is 1. The van der Waals surface area contributed by atoms with E-state index < -0.39 is 4.92 Å². The van der Waals surface area contributed by atoms with E-state index in [0.29, 0.717) is 10.4 Å². The van der Waals surface area contributed by atoms with Crippen molar-refractivity contribution >= 4 is 38.9 Å². The summed E-state index contributed by atoms with van der Waals surface area (Å²) in [6.45, 7) is 0.255. The maximum atomic E-state index is 11.9. The Morgan fingerprint density at radius 3 is 2.84 bits per heavy atom. The molecule has 19 heavy (non-hydrogen) atoms. The van der Waals surface area contributed by atoms with Crippen LogP contribution in [0.25, 0.3) is 0 Å². The molecule has 0 aliphatic carbocycles. The molecule has 0 saturated carbocycles. The smallest absolute Gasteiger partial charge is 0.269 e. The number of rotatable bonds is 4. The molecule has 1 aromatic carbocycles. The molecule has 5 nitrogen and oxygen atoms in total. The van der Waals surface area contributed by atoms with Crippen molar-refractivity contribution in [3.8, 4) is 0 Å². The standard InChI is InChI=1S/C12H9BrN2O3S/c13-10-4-5-19-11(10)12(16)14-7-8-2-1-3-9(6-8)15(17)18/h1-6H,7H2,(H,14,16). The highest BCUT2D eigenvalue weighted by molar-refractivity contribution is 9.10. The number of nitro groups is 1. The maximum Gasteiger partial charge on any atom is 0.269 e. The van der Waals surface area contributed by atoms with Crippen LogP contribution in [0.3, 0.4) is 0 Å². The molecule has 1 N–H and O–H groups in total. The van der Waals surface area contributed by atoms with Crippen molar-refractivity contribution in [3.63, 3.8) is 0 Å². The molecule has 0 aliphatic heterocycles. The lowest BCUT2D eigenvalue weighted by Gasteiger charge is -2.04. The third kappa shape index (κ3) is 3.39. The maximum absolute atomic E-state index is 11.9. The van der Waals surface area contributed by atoms with Crippen molar-refractivity contribution in [2.75, 3.05) is 0 Å². The minimum absolute atomic E-state index is 0.0176. The number of nitrogens with one attached hydrogen (secondary N) is 1. The van der Waals surface area contributed by atoms with Gasteiger partial charge in [0.05, 0.1) is 4.92 Å². The lowest BCUT2D eigenvalue weighted by atomic mass is 10.2. The van der Waals surface area contributed by atoms with Gasteiger partial charge in [-0.3, -0.25) is 14.9 Å². The van der Waals surface area contributed by atoms with Gasteiger partial charge in [-0.25, -0.2) is 0 Å². The quantitative estimate of drug-likeness (QED) is 0.685. The van der Waals surface area contributed by atoms with Crippen molar-refractivity contribution in [1.29, 1.82) is 0 Å². The van der Waals surface area contributed by atoms with Gasteiger partial charge in [-0.15, -0.1) is 11.3 Å². The zero-order valence-corrected chi connectivity index (χ0v) is 12.0. The minimum atomic E-state index is -0.457. The molecule has 0 unspecified atom stereocenters. The van der Waals surface area contributed by atoms with Crippen LogP contribution in [0.2, 0.25) is 0 Å². The summed E-state index contributed by atoms with van der Waals surface area (Å²) in [6, 6.07) is 8.00. The minimum Gasteiger partial charge on any atom is -0.347 e. The summed E-state index contributed by atoms with van der Waals surface area (Å²) in [5.74, 6) is -0.201. The zero-order valence-electron chi connectivity index (χ0n) is 9.63. The van der Waals surface area contributed by atoms with Gasteiger partial charge >= 0.3 is 0 Å². The van der Waals surface area contributed by atoms with Gasteiger partial charge in [-0.1, -0.05) is 12.1 Å². The first-order chi connectivity index (χ1) is 9.08. The van der Waals surface area contributed by atoms with E-state index in [-0.39, 0.29) is 18.1 Å². The van der Waals surface area contributed by atoms with Crippen molar-refractivity contribution in [2.45, 2.75) is 6.54 Å². The third-order valence-corrected chi connectivity index (χ3v) is 4.23. The molecule has 1 heterocycles. The molecule has 2 aromatic rings. The number of carbonyl (C=O) groups excluding carboxylic acids is 1. The lowest BCUT2D eigenvalue weighted by molar-refractivity contribution is -0.384. The number of nitrogens with zero attached hydrogens (tertiary/aromatic N) is 1. The fourth-order valence-corrected chi connectivity index (χ4v) is 2.97. The van der Waals surface area contributed by atoms with Gasteiger partial charge < -0.3 is 5.32 Å². The van der Waals surface area contributed by atoms with E-state index >= 15 is 0 Å². The van der Waals surface area contributed by atoms with Crippen LogP contribution in [0.15, 0.2) is 40.2 Å². The summed E-state index contributed by atoms with van der Waals surface area (Å²) in [6.07, 6.45) is 0. The Kier molecular flexibility index (Phi) is 4.28. The van der Waals surface area contributed by atoms with Gasteiger partial charge in [0, 0.05) is 23.2 Å². The van der Waals surface area contributed by atoms with Crippen LogP contribution in [0.5, 0.6) is 0 Å². The molecule has 0 spiro atoms. The Balaban J connectivity index is 2.03. The second-order valence-electron chi connectivity index (χ2n) is 3.71. The van der Waals surface area contributed by atoms with Crippen LogP contribution in [-0.4, -0.2) is 10.8 Å². The highest BCUT2D eigenvalue weighted by Gasteiger charge is 2.11. The topological polar surface area (TPSA) is 72.2 Å². The molecule has 0 aliphatic rings. The molecule has 0 saturated heterocycles. The first-order valence-electron chi connectivity index (χ1n) is 5.32. The summed E-state index contributed by atoms with van der Waals surface area (Å²) < 4.78 is 0.744. The van der Waals surface area contributed by atoms with Crippen LogP contribution in [-0.2, 0) is 6.54 Å². The van der Waals surface area contributed by atoms with E-state index in [9.17, 15) is 14.9 Å². The summed E-state index contributed by atoms with van der Waals surface area (Å²) in [7, 11) is 0. The molecule has 0 atom stereocenters. The normalized spacial score (nSPS) is 10.2. The molecule has 2 rings (SSSR count). The second-order valence-corrected chi connectivity index (χ2v) is 5.48. The first-order valence-corrected chi connectivity index (χ1v) is 6.99. The number of halogens is 1. The molecule has 1 aromatic heterocycles. The Bertz CT molecular complexity index is 627. The van der Waals surface area contributed by atoms with Crippen molar-refractivity contribution in [3.05, 3.63) is 60.7 Å². The SMILES string of the molecule is O=C(NCc1cccc([N+](=O)[O-])c1)c1sccc1Br. The van der Waals surface area contributed by atoms with Gasteiger partial charge in [0.1, 0.15) is 4.88 Å². The second kappa shape index (κ2) is 5.94. The number of non-ortho nitro benzene ring substituents is 1. The molecule has 0 bridgehead atoms. The van der Waals surface area contributed by atoms with Crippen LogP contribution in [0.4, 0.5) is 5.69 Å². The number of nitro benzene ring substituents is 1. The highest BCUT2D eigenvalue weighted by Crippen LogP contribution is 2.22. The van der Waals surface area contributed by atoms with Gasteiger partial charge in [0.2, 0.25) is 0 Å². The first kappa shape index (κ1) is 13.7. The average molecular weight is 341 g/mol. The van der Waals surface area contributed by atoms with Crippen LogP contribution < -0.4 is 5.32 Å². The van der Waals surface area contributed by atoms with Gasteiger partial charge in [-0.05, 0) is 32.9 Å². The van der Waals surface area contributed by atoms with Gasteiger partial charge in [0.15, 0.2) is 0 Å². The predicted molar refractivity (Wildman–Crippen MR) is 76.3 cm³/mol. The Labute approximate surface area is 121 Å². The Morgan fingerprint density at radius 2 is 2.21 bits per heavy atom. The van der Waals surface area contributed by atoms with E-state index in [1.54, 1.807) is 18.2 Å². The summed E-state index contributed by atoms with van der Waals surface area (Å²) >= 11 is 4.62. The number of thiophene rings is 1. The molecule has 7 heteroatoms. The van der Waals surface area contributed by atoms with Gasteiger partial charge in [-0.2, -0.15) is 0 Å². The molecular formula is C12H9BrN2O3S. The van der Waals surface area contributed by atoms with E-state index in [0.717, 1.165) is 4.47 Å². The largest absolute Gasteiger partial charge is 0.347 e. The molecule has 98 valence electrons. The third-order valence-electron chi connectivity index (χ3n) is 2.40. The number of amides is 1. The fraction of sp³-hybridized carbons (Fsp3) is 0.0833. The van der Waals surface area contributed by atoms with Crippen molar-refractivity contribution < 1.29 is 9.72 Å². The average Bonchev–Trinajstić information content (AvgIpc) is 2.82. The Hall–Kier alpha value is -1.73. The highest BCUT2D eigenvalue weighted by atomic mass is 79.9. The number of benzene rings is 1. The fourth-order valence-electron chi connectivity index (χ4n) is 1.50. The monoisotopic (exact) mass is 340 g/mol. The molecular weight excluding hydrogens is 332 g/mol. The van der Waals surface area contributed by atoms with Crippen LogP contribution in [0, 0.1) is 10.1 Å². The molecule has 0 radical (unpaired) electrons. The summed E-state index contributed by atoms with van der Waals surface area (Å²) in [4.78, 5) is 22.6. The summed E-state index contributed by atoms with van der Waals surface area (Å²) in [5, 5.41) is 15.2. The van der Waals surface area contributed by atoms with Crippen LogP contribution in [0.1, 0.15) is 15.2 Å². The van der Waals surface area contributed by atoms with E-state index in [4.69, 9.17) is 0 Å². The molecule has 1 amide bonds. The summed E-state index contributed by atoms with van der Waals surface area (Å²) in [5.41, 5.74) is 0.708. The van der Waals surface area contributed by atoms with Crippen molar-refractivity contribution in [1.82, 2.24) is 5.32 Å². The molecule has 0 fully saturated rings. The van der Waals surface area contributed by atoms with E-state index in [2.05, 4.69) is 21.2 Å². The number of hydrogen-bond acceptors (Lipinski definition) is 4. The number of carbonyl (C=O) groups is 1. The van der Waals surface area contributed by atoms with Crippen molar-refractivity contribution in [2.24, 2.45) is 0 Å². The van der Waals surface area contributed by atoms with E-state index in [1.165, 1.54) is 23.5 Å². The zero-order chi connectivity index (χ0) is 13.8. The van der Waals surface area contributed by atoms with E-state index in [1.807, 2.05) is 5.38 Å². The van der Waals surface area contributed by atoms with Gasteiger partial charge in [0.25, 0.3) is 11.6 Å². The Morgan fingerprint density at radius 1 is 1.42 bits per heavy atom. The predicted octanol–water partition coefficient (Wildman–Crippen LogP) is 3.35. The lowest BCUT2D eigenvalue weighted by Crippen LogP contribution is -2.22.